The maximum Gasteiger partial charge on any atom is 0.418 e. The van der Waals surface area contributed by atoms with Gasteiger partial charge in [-0.3, -0.25) is 0 Å². The van der Waals surface area contributed by atoms with Gasteiger partial charge in [0.2, 0.25) is 0 Å². The lowest BCUT2D eigenvalue weighted by Gasteiger charge is -2.18. The minimum absolute atomic E-state index is 0.173. The Morgan fingerprint density at radius 1 is 1.20 bits per heavy atom. The van der Waals surface area contributed by atoms with Gasteiger partial charge < -0.3 is 9.52 Å². The summed E-state index contributed by atoms with van der Waals surface area (Å²) in [5, 5.41) is 9.73. The van der Waals surface area contributed by atoms with Crippen molar-refractivity contribution < 1.29 is 22.7 Å². The first-order valence-electron chi connectivity index (χ1n) is 5.93. The fourth-order valence-corrected chi connectivity index (χ4v) is 2.14. The summed E-state index contributed by atoms with van der Waals surface area (Å²) in [5.41, 5.74) is 0.187. The molecule has 2 nitrogen and oxygen atoms in total. The number of aryl methyl sites for hydroxylation is 2. The average Bonchev–Trinajstić information content (AvgIpc) is 2.87. The van der Waals surface area contributed by atoms with Crippen LogP contribution in [0.5, 0.6) is 0 Å². The molecule has 1 aromatic heterocycles. The third-order valence-corrected chi connectivity index (χ3v) is 3.17. The third-order valence-electron chi connectivity index (χ3n) is 2.93. The van der Waals surface area contributed by atoms with Crippen molar-refractivity contribution in [2.45, 2.75) is 25.1 Å². The van der Waals surface area contributed by atoms with Gasteiger partial charge in [0.1, 0.15) is 5.76 Å². The Bertz CT molecular complexity index is 564. The van der Waals surface area contributed by atoms with E-state index in [0.29, 0.717) is 29.2 Å². The molecule has 0 saturated heterocycles. The molecule has 0 aliphatic rings. The maximum absolute atomic E-state index is 12.6. The summed E-state index contributed by atoms with van der Waals surface area (Å²) in [5.74, 6) is 0.664. The zero-order chi connectivity index (χ0) is 14.8. The number of alkyl halides is 3. The second-order valence-corrected chi connectivity index (χ2v) is 4.80. The maximum atomic E-state index is 12.6. The first-order valence-corrected chi connectivity index (χ1v) is 6.31. The van der Waals surface area contributed by atoms with E-state index in [0.717, 1.165) is 0 Å². The minimum Gasteiger partial charge on any atom is -0.469 e. The molecule has 1 heterocycles. The summed E-state index contributed by atoms with van der Waals surface area (Å²) in [7, 11) is 0. The van der Waals surface area contributed by atoms with Crippen LogP contribution in [0.1, 0.15) is 23.0 Å². The van der Waals surface area contributed by atoms with Gasteiger partial charge in [-0.2, -0.15) is 13.2 Å². The molecule has 0 fully saturated rings. The molecule has 1 aromatic carbocycles. The van der Waals surface area contributed by atoms with Crippen LogP contribution in [0.2, 0.25) is 5.02 Å². The van der Waals surface area contributed by atoms with Gasteiger partial charge in [-0.25, -0.2) is 0 Å². The number of rotatable bonds is 4. The highest BCUT2D eigenvalue weighted by Gasteiger charge is 2.40. The third kappa shape index (κ3) is 3.55. The van der Waals surface area contributed by atoms with Gasteiger partial charge in [-0.05, 0) is 41.8 Å². The number of furan rings is 1. The Balaban J connectivity index is 2.24. The highest BCUT2D eigenvalue weighted by molar-refractivity contribution is 6.30. The molecule has 1 unspecified atom stereocenters. The molecule has 1 atom stereocenters. The van der Waals surface area contributed by atoms with Crippen LogP contribution < -0.4 is 0 Å². The molecule has 0 amide bonds. The van der Waals surface area contributed by atoms with Crippen LogP contribution >= 0.6 is 11.6 Å². The molecular formula is C14H12ClF3O2. The van der Waals surface area contributed by atoms with E-state index in [1.54, 1.807) is 12.1 Å². The molecule has 108 valence electrons. The van der Waals surface area contributed by atoms with E-state index < -0.39 is 12.3 Å². The molecule has 2 rings (SSSR count). The van der Waals surface area contributed by atoms with E-state index >= 15 is 0 Å². The van der Waals surface area contributed by atoms with Crippen LogP contribution in [0.15, 0.2) is 41.0 Å². The van der Waals surface area contributed by atoms with Crippen molar-refractivity contribution in [1.82, 2.24) is 0 Å². The molecule has 20 heavy (non-hydrogen) atoms. The number of aliphatic hydroxyl groups excluding tert-OH is 1. The van der Waals surface area contributed by atoms with Crippen LogP contribution in [0.4, 0.5) is 13.2 Å². The van der Waals surface area contributed by atoms with Gasteiger partial charge in [0.15, 0.2) is 6.10 Å². The van der Waals surface area contributed by atoms with E-state index in [1.807, 2.05) is 0 Å². The molecule has 2 aromatic rings. The Labute approximate surface area is 118 Å². The van der Waals surface area contributed by atoms with Gasteiger partial charge in [0.05, 0.1) is 6.26 Å². The lowest BCUT2D eigenvalue weighted by molar-refractivity contribution is -0.207. The van der Waals surface area contributed by atoms with Crippen molar-refractivity contribution in [3.05, 3.63) is 58.5 Å². The summed E-state index contributed by atoms with van der Waals surface area (Å²) < 4.78 is 43.0. The van der Waals surface area contributed by atoms with Gasteiger partial charge >= 0.3 is 6.18 Å². The quantitative estimate of drug-likeness (QED) is 0.913. The van der Waals surface area contributed by atoms with Gasteiger partial charge in [0, 0.05) is 11.4 Å². The normalized spacial score (nSPS) is 13.4. The summed E-state index contributed by atoms with van der Waals surface area (Å²) in [6.07, 6.45) is -4.97. The molecule has 6 heteroatoms. The molecule has 0 saturated carbocycles. The standard InChI is InChI=1S/C14H12ClF3O2/c15-10-4-6-12(13(19)14(16,17)18)9(8-10)3-5-11-2-1-7-20-11/h1-2,4,6-8,13,19H,3,5H2. The SMILES string of the molecule is OC(c1ccc(Cl)cc1CCc1ccco1)C(F)(F)F. The van der Waals surface area contributed by atoms with Gasteiger partial charge in [-0.1, -0.05) is 17.7 Å². The number of hydrogen-bond donors (Lipinski definition) is 1. The highest BCUT2D eigenvalue weighted by atomic mass is 35.5. The van der Waals surface area contributed by atoms with E-state index in [9.17, 15) is 18.3 Å². The molecule has 0 aliphatic carbocycles. The van der Waals surface area contributed by atoms with Gasteiger partial charge in [0.25, 0.3) is 0 Å². The number of halogens is 4. The monoisotopic (exact) mass is 304 g/mol. The van der Waals surface area contributed by atoms with E-state index in [-0.39, 0.29) is 5.56 Å². The zero-order valence-electron chi connectivity index (χ0n) is 10.3. The molecule has 0 bridgehead atoms. The fourth-order valence-electron chi connectivity index (χ4n) is 1.95. The second-order valence-electron chi connectivity index (χ2n) is 4.37. The number of benzene rings is 1. The minimum atomic E-state index is -4.70. The van der Waals surface area contributed by atoms with Crippen molar-refractivity contribution in [3.63, 3.8) is 0 Å². The van der Waals surface area contributed by atoms with E-state index in [4.69, 9.17) is 16.0 Å². The van der Waals surface area contributed by atoms with Crippen molar-refractivity contribution in [2.24, 2.45) is 0 Å². The number of hydrogen-bond acceptors (Lipinski definition) is 2. The lowest BCUT2D eigenvalue weighted by Crippen LogP contribution is -2.21. The predicted octanol–water partition coefficient (Wildman–Crippen LogP) is 4.31. The smallest absolute Gasteiger partial charge is 0.418 e. The molecule has 0 aliphatic heterocycles. The Hall–Kier alpha value is -1.46. The van der Waals surface area contributed by atoms with Crippen LogP contribution in [0.3, 0.4) is 0 Å². The average molecular weight is 305 g/mol. The Kier molecular flexibility index (Phi) is 4.40. The van der Waals surface area contributed by atoms with Crippen LogP contribution in [0, 0.1) is 0 Å². The predicted molar refractivity (Wildman–Crippen MR) is 68.6 cm³/mol. The zero-order valence-corrected chi connectivity index (χ0v) is 11.1. The molecule has 0 radical (unpaired) electrons. The topological polar surface area (TPSA) is 33.4 Å². The second kappa shape index (κ2) is 5.89. The van der Waals surface area contributed by atoms with Crippen LogP contribution in [0.25, 0.3) is 0 Å². The van der Waals surface area contributed by atoms with Crippen molar-refractivity contribution in [3.8, 4) is 0 Å². The van der Waals surface area contributed by atoms with Crippen molar-refractivity contribution in [1.29, 1.82) is 0 Å². The Morgan fingerprint density at radius 3 is 2.55 bits per heavy atom. The van der Waals surface area contributed by atoms with Crippen molar-refractivity contribution in [2.75, 3.05) is 0 Å². The first-order chi connectivity index (χ1) is 9.38. The molecular weight excluding hydrogens is 293 g/mol. The fraction of sp³-hybridized carbons (Fsp3) is 0.286. The summed E-state index contributed by atoms with van der Waals surface area (Å²) in [4.78, 5) is 0. The van der Waals surface area contributed by atoms with Gasteiger partial charge in [-0.15, -0.1) is 0 Å². The largest absolute Gasteiger partial charge is 0.469 e. The lowest BCUT2D eigenvalue weighted by atomic mass is 9.98. The van der Waals surface area contributed by atoms with E-state index in [1.165, 1.54) is 24.5 Å². The summed E-state index contributed by atoms with van der Waals surface area (Å²) in [6, 6.07) is 7.43. The summed E-state index contributed by atoms with van der Waals surface area (Å²) >= 11 is 5.81. The first kappa shape index (κ1) is 14.9. The van der Waals surface area contributed by atoms with Crippen LogP contribution in [-0.2, 0) is 12.8 Å². The van der Waals surface area contributed by atoms with Crippen LogP contribution in [-0.4, -0.2) is 11.3 Å². The molecule has 1 N–H and O–H groups in total. The Morgan fingerprint density at radius 2 is 1.95 bits per heavy atom. The summed E-state index contributed by atoms with van der Waals surface area (Å²) in [6.45, 7) is 0. The van der Waals surface area contributed by atoms with Crippen molar-refractivity contribution >= 4 is 11.6 Å². The van der Waals surface area contributed by atoms with E-state index in [2.05, 4.69) is 0 Å². The highest BCUT2D eigenvalue weighted by Crippen LogP contribution is 2.35. The molecule has 0 spiro atoms. The number of aliphatic hydroxyl groups is 1.